The fourth-order valence-electron chi connectivity index (χ4n) is 3.46. The van der Waals surface area contributed by atoms with Crippen LogP contribution in [0.15, 0.2) is 66.0 Å². The molecule has 1 amide bonds. The Morgan fingerprint density at radius 3 is 2.79 bits per heavy atom. The molecular formula is C22H18N2O3S. The lowest BCUT2D eigenvalue weighted by Crippen LogP contribution is -2.17. The molecule has 28 heavy (non-hydrogen) atoms. The average molecular weight is 390 g/mol. The third kappa shape index (κ3) is 3.12. The Bertz CT molecular complexity index is 1150. The van der Waals surface area contributed by atoms with Gasteiger partial charge in [0.25, 0.3) is 5.91 Å². The third-order valence-corrected chi connectivity index (χ3v) is 5.71. The predicted molar refractivity (Wildman–Crippen MR) is 110 cm³/mol. The van der Waals surface area contributed by atoms with Gasteiger partial charge in [-0.3, -0.25) is 4.79 Å². The summed E-state index contributed by atoms with van der Waals surface area (Å²) in [6.45, 7) is 0.958. The molecule has 4 aromatic rings. The quantitative estimate of drug-likeness (QED) is 0.526. The van der Waals surface area contributed by atoms with Crippen molar-refractivity contribution in [2.24, 2.45) is 0 Å². The van der Waals surface area contributed by atoms with Crippen LogP contribution < -0.4 is 14.8 Å². The van der Waals surface area contributed by atoms with Crippen molar-refractivity contribution in [3.63, 3.8) is 0 Å². The van der Waals surface area contributed by atoms with Gasteiger partial charge in [0.2, 0.25) is 6.79 Å². The number of carbonyl (C=O) groups is 1. The summed E-state index contributed by atoms with van der Waals surface area (Å²) in [6, 6.07) is 19.8. The van der Waals surface area contributed by atoms with E-state index in [0.717, 1.165) is 23.2 Å². The first kappa shape index (κ1) is 16.9. The molecule has 6 heteroatoms. The highest BCUT2D eigenvalue weighted by atomic mass is 32.1. The van der Waals surface area contributed by atoms with Crippen LogP contribution in [0.4, 0.5) is 5.69 Å². The minimum atomic E-state index is -0.129. The molecule has 2 aromatic carbocycles. The number of aryl methyl sites for hydroxylation is 2. The molecule has 0 atom stereocenters. The zero-order valence-electron chi connectivity index (χ0n) is 15.1. The normalized spacial score (nSPS) is 12.4. The van der Waals surface area contributed by atoms with E-state index in [4.69, 9.17) is 9.47 Å². The second-order valence-corrected chi connectivity index (χ2v) is 7.56. The van der Waals surface area contributed by atoms with Gasteiger partial charge in [-0.2, -0.15) is 0 Å². The van der Waals surface area contributed by atoms with Crippen LogP contribution >= 0.6 is 11.3 Å². The van der Waals surface area contributed by atoms with Crippen molar-refractivity contribution in [1.82, 2.24) is 4.57 Å². The van der Waals surface area contributed by atoms with Crippen LogP contribution in [0.5, 0.6) is 11.5 Å². The zero-order chi connectivity index (χ0) is 18.9. The highest BCUT2D eigenvalue weighted by Crippen LogP contribution is 2.34. The number of aromatic nitrogens is 1. The molecule has 0 bridgehead atoms. The summed E-state index contributed by atoms with van der Waals surface area (Å²) in [5, 5.41) is 5.05. The second-order valence-electron chi connectivity index (χ2n) is 6.61. The van der Waals surface area contributed by atoms with E-state index in [-0.39, 0.29) is 12.7 Å². The highest BCUT2D eigenvalue weighted by molar-refractivity contribution is 7.17. The Balaban J connectivity index is 1.41. The Morgan fingerprint density at radius 1 is 1.04 bits per heavy atom. The topological polar surface area (TPSA) is 52.5 Å². The SMILES string of the molecule is O=C(Nc1ccc2c(c1)OCO2)c1cc2sccc2n1CCc1ccccc1. The summed E-state index contributed by atoms with van der Waals surface area (Å²) in [5.74, 6) is 1.22. The average Bonchev–Trinajstić information content (AvgIpc) is 3.43. The number of anilines is 1. The number of nitrogens with zero attached hydrogens (tertiary/aromatic N) is 1. The molecule has 5 rings (SSSR count). The number of carbonyl (C=O) groups excluding carboxylic acids is 1. The lowest BCUT2D eigenvalue weighted by atomic mass is 10.1. The van der Waals surface area contributed by atoms with Crippen molar-refractivity contribution < 1.29 is 14.3 Å². The van der Waals surface area contributed by atoms with Gasteiger partial charge in [0.05, 0.1) is 10.2 Å². The molecule has 1 aliphatic rings. The van der Waals surface area contributed by atoms with Crippen LogP contribution in [0.2, 0.25) is 0 Å². The molecule has 1 N–H and O–H groups in total. The highest BCUT2D eigenvalue weighted by Gasteiger charge is 2.18. The number of hydrogen-bond donors (Lipinski definition) is 1. The molecule has 3 heterocycles. The lowest BCUT2D eigenvalue weighted by Gasteiger charge is -2.11. The minimum absolute atomic E-state index is 0.129. The summed E-state index contributed by atoms with van der Waals surface area (Å²) >= 11 is 1.65. The molecular weight excluding hydrogens is 372 g/mol. The summed E-state index contributed by atoms with van der Waals surface area (Å²) in [6.07, 6.45) is 0.866. The minimum Gasteiger partial charge on any atom is -0.454 e. The standard InChI is InChI=1S/C22H18N2O3S/c25-22(23-16-6-7-19-20(12-16)27-14-26-19)18-13-21-17(9-11-28-21)24(18)10-8-15-4-2-1-3-5-15/h1-7,9,11-13H,8,10,14H2,(H,23,25). The number of rotatable bonds is 5. The third-order valence-electron chi connectivity index (χ3n) is 4.85. The molecule has 0 radical (unpaired) electrons. The van der Waals surface area contributed by atoms with E-state index < -0.39 is 0 Å². The molecule has 5 nitrogen and oxygen atoms in total. The Kier molecular flexibility index (Phi) is 4.25. The summed E-state index contributed by atoms with van der Waals surface area (Å²) < 4.78 is 13.9. The molecule has 0 unspecified atom stereocenters. The maximum atomic E-state index is 13.0. The van der Waals surface area contributed by atoms with Gasteiger partial charge in [-0.1, -0.05) is 30.3 Å². The number of amides is 1. The van der Waals surface area contributed by atoms with Gasteiger partial charge in [-0.25, -0.2) is 0 Å². The summed E-state index contributed by atoms with van der Waals surface area (Å²) in [4.78, 5) is 13.0. The Labute approximate surface area is 166 Å². The van der Waals surface area contributed by atoms with Crippen molar-refractivity contribution in [2.45, 2.75) is 13.0 Å². The van der Waals surface area contributed by atoms with E-state index >= 15 is 0 Å². The number of hydrogen-bond acceptors (Lipinski definition) is 4. The predicted octanol–water partition coefficient (Wildman–Crippen LogP) is 4.93. The van der Waals surface area contributed by atoms with Crippen LogP contribution in [0.25, 0.3) is 10.2 Å². The van der Waals surface area contributed by atoms with Gasteiger partial charge < -0.3 is 19.4 Å². The largest absolute Gasteiger partial charge is 0.454 e. The van der Waals surface area contributed by atoms with Gasteiger partial charge in [0, 0.05) is 18.3 Å². The van der Waals surface area contributed by atoms with Crippen molar-refractivity contribution in [3.05, 3.63) is 77.3 Å². The van der Waals surface area contributed by atoms with E-state index in [9.17, 15) is 4.79 Å². The van der Waals surface area contributed by atoms with Crippen LogP contribution in [-0.2, 0) is 13.0 Å². The molecule has 0 spiro atoms. The number of fused-ring (bicyclic) bond motifs is 2. The zero-order valence-corrected chi connectivity index (χ0v) is 15.9. The van der Waals surface area contributed by atoms with Crippen molar-refractivity contribution in [1.29, 1.82) is 0 Å². The number of ether oxygens (including phenoxy) is 2. The van der Waals surface area contributed by atoms with Crippen molar-refractivity contribution in [2.75, 3.05) is 12.1 Å². The van der Waals surface area contributed by atoms with Crippen LogP contribution in [-0.4, -0.2) is 17.3 Å². The molecule has 1 aliphatic heterocycles. The first-order chi connectivity index (χ1) is 13.8. The monoisotopic (exact) mass is 390 g/mol. The first-order valence-electron chi connectivity index (χ1n) is 9.09. The molecule has 0 saturated carbocycles. The fraction of sp³-hybridized carbons (Fsp3) is 0.136. The van der Waals surface area contributed by atoms with Gasteiger partial charge in [-0.15, -0.1) is 11.3 Å². The van der Waals surface area contributed by atoms with Gasteiger partial charge in [0.1, 0.15) is 5.69 Å². The summed E-state index contributed by atoms with van der Waals surface area (Å²) in [5.41, 5.74) is 3.70. The van der Waals surface area contributed by atoms with Crippen molar-refractivity contribution >= 4 is 33.1 Å². The van der Waals surface area contributed by atoms with E-state index in [0.29, 0.717) is 22.9 Å². The number of benzene rings is 2. The van der Waals surface area contributed by atoms with Gasteiger partial charge in [0.15, 0.2) is 11.5 Å². The Hall–Kier alpha value is -3.25. The first-order valence-corrected chi connectivity index (χ1v) is 9.97. The lowest BCUT2D eigenvalue weighted by molar-refractivity contribution is 0.101. The maximum absolute atomic E-state index is 13.0. The van der Waals surface area contributed by atoms with E-state index in [1.165, 1.54) is 5.56 Å². The van der Waals surface area contributed by atoms with Crippen LogP contribution in [0.3, 0.4) is 0 Å². The number of thiophene rings is 1. The molecule has 0 aliphatic carbocycles. The Morgan fingerprint density at radius 2 is 1.89 bits per heavy atom. The molecule has 0 saturated heterocycles. The summed E-state index contributed by atoms with van der Waals surface area (Å²) in [7, 11) is 0. The molecule has 2 aromatic heterocycles. The number of nitrogens with one attached hydrogen (secondary N) is 1. The van der Waals surface area contributed by atoms with Crippen molar-refractivity contribution in [3.8, 4) is 11.5 Å². The van der Waals surface area contributed by atoms with E-state index in [1.54, 1.807) is 17.4 Å². The van der Waals surface area contributed by atoms with E-state index in [1.807, 2.05) is 36.4 Å². The van der Waals surface area contributed by atoms with E-state index in [2.05, 4.69) is 33.5 Å². The molecule has 0 fully saturated rings. The van der Waals surface area contributed by atoms with Gasteiger partial charge >= 0.3 is 0 Å². The fourth-order valence-corrected chi connectivity index (χ4v) is 4.28. The van der Waals surface area contributed by atoms with Gasteiger partial charge in [-0.05, 0) is 41.6 Å². The molecule has 140 valence electrons. The van der Waals surface area contributed by atoms with Crippen LogP contribution in [0.1, 0.15) is 16.1 Å². The smallest absolute Gasteiger partial charge is 0.272 e. The van der Waals surface area contributed by atoms with Crippen LogP contribution in [0, 0.1) is 0 Å². The second kappa shape index (κ2) is 7.05. The maximum Gasteiger partial charge on any atom is 0.272 e.